The Morgan fingerprint density at radius 3 is 2.62 bits per heavy atom. The zero-order chi connectivity index (χ0) is 25.6. The summed E-state index contributed by atoms with van der Waals surface area (Å²) in [6, 6.07) is 21.7. The molecule has 0 saturated heterocycles. The topological polar surface area (TPSA) is 73.2 Å². The summed E-state index contributed by atoms with van der Waals surface area (Å²) in [6.45, 7) is 0.619. The standard InChI is InChI=1S/C30H29N3O3S/c1-31-30(35)22-10-12-23(13-11-22)37-19-26-24-8-5-9-27(34)25(24)14-15-28(26)36-29(18-33-17-16-32-20-33)21-6-3-2-4-7-21/h2-4,6-7,10-17,20,29H,5,8-9,18-19H2,1H3,(H,31,35)/t29-/m1/s1. The number of thioether (sulfide) groups is 1. The van der Waals surface area contributed by atoms with E-state index in [1.807, 2.05) is 65.4 Å². The normalized spacial score (nSPS) is 13.6. The molecule has 0 bridgehead atoms. The minimum absolute atomic E-state index is 0.104. The highest BCUT2D eigenvalue weighted by atomic mass is 32.2. The van der Waals surface area contributed by atoms with Crippen LogP contribution in [0.4, 0.5) is 0 Å². The molecule has 1 aromatic heterocycles. The van der Waals surface area contributed by atoms with Crippen LogP contribution in [0.2, 0.25) is 0 Å². The first kappa shape index (κ1) is 24.8. The van der Waals surface area contributed by atoms with Gasteiger partial charge in [-0.3, -0.25) is 9.59 Å². The molecule has 1 heterocycles. The Hall–Kier alpha value is -3.84. The van der Waals surface area contributed by atoms with Crippen LogP contribution in [0.1, 0.15) is 56.4 Å². The highest BCUT2D eigenvalue weighted by Gasteiger charge is 2.24. The number of hydrogen-bond acceptors (Lipinski definition) is 5. The van der Waals surface area contributed by atoms with E-state index >= 15 is 0 Å². The molecule has 3 aromatic carbocycles. The maximum atomic E-state index is 12.7. The summed E-state index contributed by atoms with van der Waals surface area (Å²) < 4.78 is 8.75. The number of carbonyl (C=O) groups excluding carboxylic acids is 2. The second-order valence-electron chi connectivity index (χ2n) is 9.01. The van der Waals surface area contributed by atoms with Crippen molar-refractivity contribution in [3.05, 3.63) is 113 Å². The second-order valence-corrected chi connectivity index (χ2v) is 10.1. The molecular formula is C30H29N3O3S. The van der Waals surface area contributed by atoms with E-state index in [0.717, 1.165) is 45.7 Å². The fraction of sp³-hybridized carbons (Fsp3) is 0.233. The fourth-order valence-corrected chi connectivity index (χ4v) is 5.62. The van der Waals surface area contributed by atoms with Crippen LogP contribution in [0, 0.1) is 0 Å². The third kappa shape index (κ3) is 5.78. The van der Waals surface area contributed by atoms with Gasteiger partial charge in [-0.1, -0.05) is 30.3 Å². The molecule has 0 radical (unpaired) electrons. The SMILES string of the molecule is CNC(=O)c1ccc(SCc2c(O[C@H](Cn3ccnc3)c3ccccc3)ccc3c2CCCC3=O)cc1. The summed E-state index contributed by atoms with van der Waals surface area (Å²) in [7, 11) is 1.63. The van der Waals surface area contributed by atoms with Gasteiger partial charge < -0.3 is 14.6 Å². The minimum atomic E-state index is -0.219. The monoisotopic (exact) mass is 511 g/mol. The molecule has 0 spiro atoms. The quantitative estimate of drug-likeness (QED) is 0.284. The molecule has 1 aliphatic carbocycles. The number of amides is 1. The van der Waals surface area contributed by atoms with Gasteiger partial charge in [0.1, 0.15) is 11.9 Å². The van der Waals surface area contributed by atoms with Crippen molar-refractivity contribution in [2.24, 2.45) is 0 Å². The Labute approximate surface area is 221 Å². The summed E-state index contributed by atoms with van der Waals surface area (Å²) in [6.07, 6.45) is 7.58. The molecule has 6 nitrogen and oxygen atoms in total. The maximum absolute atomic E-state index is 12.7. The lowest BCUT2D eigenvalue weighted by Gasteiger charge is -2.25. The number of benzene rings is 3. The third-order valence-electron chi connectivity index (χ3n) is 6.62. The van der Waals surface area contributed by atoms with Gasteiger partial charge in [0.15, 0.2) is 5.78 Å². The molecule has 0 fully saturated rings. The van der Waals surface area contributed by atoms with E-state index in [-0.39, 0.29) is 17.8 Å². The van der Waals surface area contributed by atoms with Crippen LogP contribution in [0.15, 0.2) is 90.3 Å². The van der Waals surface area contributed by atoms with Crippen molar-refractivity contribution in [3.63, 3.8) is 0 Å². The van der Waals surface area contributed by atoms with Crippen LogP contribution in [-0.2, 0) is 18.7 Å². The number of nitrogens with zero attached hydrogens (tertiary/aromatic N) is 2. The first-order valence-electron chi connectivity index (χ1n) is 12.4. The van der Waals surface area contributed by atoms with Crippen molar-refractivity contribution in [2.75, 3.05) is 7.05 Å². The number of aromatic nitrogens is 2. The molecule has 1 aliphatic rings. The van der Waals surface area contributed by atoms with E-state index in [1.165, 1.54) is 0 Å². The Kier molecular flexibility index (Phi) is 7.70. The van der Waals surface area contributed by atoms with E-state index in [2.05, 4.69) is 22.4 Å². The number of fused-ring (bicyclic) bond motifs is 1. The van der Waals surface area contributed by atoms with E-state index in [9.17, 15) is 9.59 Å². The van der Waals surface area contributed by atoms with Crippen molar-refractivity contribution in [1.82, 2.24) is 14.9 Å². The number of carbonyl (C=O) groups is 2. The van der Waals surface area contributed by atoms with Gasteiger partial charge in [-0.2, -0.15) is 0 Å². The fourth-order valence-electron chi connectivity index (χ4n) is 4.67. The predicted octanol–water partition coefficient (Wildman–Crippen LogP) is 5.87. The summed E-state index contributed by atoms with van der Waals surface area (Å²) >= 11 is 1.68. The van der Waals surface area contributed by atoms with Crippen LogP contribution in [0.3, 0.4) is 0 Å². The van der Waals surface area contributed by atoms with Crippen LogP contribution >= 0.6 is 11.8 Å². The molecular weight excluding hydrogens is 482 g/mol. The van der Waals surface area contributed by atoms with Gasteiger partial charge in [0.25, 0.3) is 5.91 Å². The summed E-state index contributed by atoms with van der Waals surface area (Å²) in [5, 5.41) is 2.65. The lowest BCUT2D eigenvalue weighted by molar-refractivity contribution is 0.0958. The molecule has 0 unspecified atom stereocenters. The first-order valence-corrected chi connectivity index (χ1v) is 13.4. The third-order valence-corrected chi connectivity index (χ3v) is 7.66. The lowest BCUT2D eigenvalue weighted by Crippen LogP contribution is -2.18. The van der Waals surface area contributed by atoms with Gasteiger partial charge in [-0.05, 0) is 60.4 Å². The van der Waals surface area contributed by atoms with Gasteiger partial charge in [-0.25, -0.2) is 4.98 Å². The second kappa shape index (κ2) is 11.5. The lowest BCUT2D eigenvalue weighted by atomic mass is 9.87. The smallest absolute Gasteiger partial charge is 0.251 e. The number of imidazole rings is 1. The molecule has 1 N–H and O–H groups in total. The number of nitrogens with one attached hydrogen (secondary N) is 1. The number of Topliss-reactive ketones (excluding diaryl/α,β-unsaturated/α-hetero) is 1. The van der Waals surface area contributed by atoms with E-state index in [4.69, 9.17) is 4.74 Å². The molecule has 4 aromatic rings. The van der Waals surface area contributed by atoms with Crippen molar-refractivity contribution in [2.45, 2.75) is 42.6 Å². The first-order chi connectivity index (χ1) is 18.1. The molecule has 7 heteroatoms. The zero-order valence-corrected chi connectivity index (χ0v) is 21.5. The molecule has 0 saturated carbocycles. The average molecular weight is 512 g/mol. The zero-order valence-electron chi connectivity index (χ0n) is 20.7. The Balaban J connectivity index is 1.46. The number of rotatable bonds is 9. The van der Waals surface area contributed by atoms with E-state index in [1.54, 1.807) is 31.3 Å². The summed E-state index contributed by atoms with van der Waals surface area (Å²) in [4.78, 5) is 29.9. The number of hydrogen-bond donors (Lipinski definition) is 1. The van der Waals surface area contributed by atoms with Crippen molar-refractivity contribution in [1.29, 1.82) is 0 Å². The van der Waals surface area contributed by atoms with Crippen LogP contribution in [-0.4, -0.2) is 28.3 Å². The Bertz CT molecular complexity index is 1370. The highest BCUT2D eigenvalue weighted by molar-refractivity contribution is 7.98. The van der Waals surface area contributed by atoms with Crippen LogP contribution in [0.25, 0.3) is 0 Å². The molecule has 1 amide bonds. The number of ketones is 1. The van der Waals surface area contributed by atoms with Gasteiger partial charge in [0.2, 0.25) is 0 Å². The van der Waals surface area contributed by atoms with E-state index < -0.39 is 0 Å². The van der Waals surface area contributed by atoms with Crippen LogP contribution < -0.4 is 10.1 Å². The van der Waals surface area contributed by atoms with Crippen LogP contribution in [0.5, 0.6) is 5.75 Å². The van der Waals surface area contributed by atoms with Crippen molar-refractivity contribution >= 4 is 23.5 Å². The molecule has 1 atom stereocenters. The molecule has 0 aliphatic heterocycles. The highest BCUT2D eigenvalue weighted by Crippen LogP contribution is 2.38. The van der Waals surface area contributed by atoms with Gasteiger partial charge in [0.05, 0.1) is 12.9 Å². The molecule has 5 rings (SSSR count). The van der Waals surface area contributed by atoms with E-state index in [0.29, 0.717) is 24.3 Å². The average Bonchev–Trinajstić information content (AvgIpc) is 3.46. The van der Waals surface area contributed by atoms with Gasteiger partial charge in [-0.15, -0.1) is 11.8 Å². The van der Waals surface area contributed by atoms with Gasteiger partial charge >= 0.3 is 0 Å². The predicted molar refractivity (Wildman–Crippen MR) is 145 cm³/mol. The Morgan fingerprint density at radius 2 is 1.89 bits per heavy atom. The van der Waals surface area contributed by atoms with Crippen molar-refractivity contribution < 1.29 is 14.3 Å². The Morgan fingerprint density at radius 1 is 1.08 bits per heavy atom. The summed E-state index contributed by atoms with van der Waals surface area (Å²) in [5.41, 5.74) is 4.68. The summed E-state index contributed by atoms with van der Waals surface area (Å²) in [5.74, 6) is 1.56. The largest absolute Gasteiger partial charge is 0.484 e. The van der Waals surface area contributed by atoms with Crippen molar-refractivity contribution in [3.8, 4) is 5.75 Å². The molecule has 37 heavy (non-hydrogen) atoms. The minimum Gasteiger partial charge on any atom is -0.484 e. The maximum Gasteiger partial charge on any atom is 0.251 e. The number of ether oxygens (including phenoxy) is 1. The van der Waals surface area contributed by atoms with Gasteiger partial charge in [0, 0.05) is 53.2 Å². The molecule has 188 valence electrons.